The second-order valence-electron chi connectivity index (χ2n) is 6.94. The van der Waals surface area contributed by atoms with Crippen molar-refractivity contribution >= 4 is 23.7 Å². The molecule has 21 heavy (non-hydrogen) atoms. The van der Waals surface area contributed by atoms with Crippen LogP contribution in [0, 0.1) is 12.8 Å². The molecule has 0 amide bonds. The van der Waals surface area contributed by atoms with Crippen LogP contribution in [-0.2, 0) is 6.54 Å². The van der Waals surface area contributed by atoms with Crippen LogP contribution in [0.1, 0.15) is 30.8 Å². The minimum absolute atomic E-state index is 0. The van der Waals surface area contributed by atoms with Crippen molar-refractivity contribution < 1.29 is 0 Å². The van der Waals surface area contributed by atoms with Gasteiger partial charge in [0.1, 0.15) is 0 Å². The first-order valence-corrected chi connectivity index (χ1v) is 8.30. The number of halogens is 1. The molecular formula is C15H29ClN4S. The molecule has 1 saturated heterocycles. The van der Waals surface area contributed by atoms with Crippen LogP contribution in [0.5, 0.6) is 0 Å². The number of likely N-dealkylation sites (tertiary alicyclic amines) is 1. The Morgan fingerprint density at radius 3 is 2.81 bits per heavy atom. The van der Waals surface area contributed by atoms with Crippen molar-refractivity contribution in [3.63, 3.8) is 0 Å². The summed E-state index contributed by atoms with van der Waals surface area (Å²) in [6.07, 6.45) is 1.29. The topological polar surface area (TPSA) is 45.4 Å². The monoisotopic (exact) mass is 332 g/mol. The number of aryl methyl sites for hydroxylation is 1. The molecule has 1 unspecified atom stereocenters. The fraction of sp³-hybridized carbons (Fsp3) is 0.800. The van der Waals surface area contributed by atoms with E-state index < -0.39 is 0 Å². The van der Waals surface area contributed by atoms with Gasteiger partial charge in [-0.3, -0.25) is 0 Å². The van der Waals surface area contributed by atoms with Gasteiger partial charge in [0.05, 0.1) is 11.2 Å². The van der Waals surface area contributed by atoms with Gasteiger partial charge in [0.15, 0.2) is 0 Å². The lowest BCUT2D eigenvalue weighted by Crippen LogP contribution is -2.44. The van der Waals surface area contributed by atoms with Crippen LogP contribution < -0.4 is 5.73 Å². The van der Waals surface area contributed by atoms with Crippen LogP contribution in [-0.4, -0.2) is 53.5 Å². The third kappa shape index (κ3) is 6.20. The summed E-state index contributed by atoms with van der Waals surface area (Å²) in [5.41, 5.74) is 9.15. The smallest absolute Gasteiger partial charge is 0.0798 e. The van der Waals surface area contributed by atoms with Gasteiger partial charge >= 0.3 is 0 Å². The number of hydrogen-bond acceptors (Lipinski definition) is 5. The van der Waals surface area contributed by atoms with Crippen LogP contribution in [0.4, 0.5) is 0 Å². The Bertz CT molecular complexity index is 430. The van der Waals surface area contributed by atoms with Crippen molar-refractivity contribution in [2.24, 2.45) is 11.7 Å². The molecule has 1 fully saturated rings. The maximum atomic E-state index is 6.11. The molecule has 1 aromatic heterocycles. The van der Waals surface area contributed by atoms with Gasteiger partial charge in [-0.1, -0.05) is 0 Å². The summed E-state index contributed by atoms with van der Waals surface area (Å²) in [6, 6.07) is 0. The Kier molecular flexibility index (Phi) is 7.07. The molecule has 4 nitrogen and oxygen atoms in total. The average Bonchev–Trinajstić information content (AvgIpc) is 2.87. The van der Waals surface area contributed by atoms with Crippen LogP contribution in [0.3, 0.4) is 0 Å². The molecule has 122 valence electrons. The molecule has 0 bridgehead atoms. The third-order valence-corrected chi connectivity index (χ3v) is 4.75. The van der Waals surface area contributed by atoms with Gasteiger partial charge < -0.3 is 15.5 Å². The first-order chi connectivity index (χ1) is 9.33. The first kappa shape index (κ1) is 18.8. The molecule has 0 aromatic carbocycles. The van der Waals surface area contributed by atoms with Gasteiger partial charge in [-0.2, -0.15) is 0 Å². The van der Waals surface area contributed by atoms with Crippen LogP contribution >= 0.6 is 23.7 Å². The predicted molar refractivity (Wildman–Crippen MR) is 93.2 cm³/mol. The number of nitrogens with zero attached hydrogens (tertiary/aromatic N) is 3. The molecule has 2 rings (SSSR count). The summed E-state index contributed by atoms with van der Waals surface area (Å²) >= 11 is 1.76. The van der Waals surface area contributed by atoms with Gasteiger partial charge in [-0.15, -0.1) is 23.7 Å². The molecule has 2 N–H and O–H groups in total. The second kappa shape index (κ2) is 7.88. The zero-order valence-electron chi connectivity index (χ0n) is 13.6. The molecular weight excluding hydrogens is 304 g/mol. The maximum Gasteiger partial charge on any atom is 0.0798 e. The van der Waals surface area contributed by atoms with E-state index in [2.05, 4.69) is 42.6 Å². The summed E-state index contributed by atoms with van der Waals surface area (Å²) in [5.74, 6) is 0.774. The summed E-state index contributed by atoms with van der Waals surface area (Å²) in [7, 11) is 2.22. The van der Waals surface area contributed by atoms with Crippen molar-refractivity contribution in [2.75, 3.05) is 33.2 Å². The summed E-state index contributed by atoms with van der Waals surface area (Å²) in [5, 5.41) is 0. The molecule has 6 heteroatoms. The van der Waals surface area contributed by atoms with Crippen molar-refractivity contribution in [3.8, 4) is 0 Å². The third-order valence-electron chi connectivity index (χ3n) is 3.83. The predicted octanol–water partition coefficient (Wildman–Crippen LogP) is 2.36. The normalized spacial score (nSPS) is 20.0. The van der Waals surface area contributed by atoms with E-state index >= 15 is 0 Å². The Balaban J connectivity index is 0.00000220. The van der Waals surface area contributed by atoms with Gasteiger partial charge in [0.25, 0.3) is 0 Å². The van der Waals surface area contributed by atoms with E-state index in [9.17, 15) is 0 Å². The van der Waals surface area contributed by atoms with Crippen molar-refractivity contribution in [3.05, 3.63) is 16.1 Å². The number of thiazole rings is 1. The van der Waals surface area contributed by atoms with E-state index in [0.29, 0.717) is 0 Å². The van der Waals surface area contributed by atoms with Crippen molar-refractivity contribution in [2.45, 2.75) is 39.3 Å². The number of rotatable bonds is 6. The largest absolute Gasteiger partial charge is 0.324 e. The lowest BCUT2D eigenvalue weighted by Gasteiger charge is -2.26. The van der Waals surface area contributed by atoms with E-state index in [1.807, 2.05) is 5.51 Å². The van der Waals surface area contributed by atoms with Gasteiger partial charge in [0.2, 0.25) is 0 Å². The highest BCUT2D eigenvalue weighted by molar-refractivity contribution is 7.09. The summed E-state index contributed by atoms with van der Waals surface area (Å²) in [6.45, 7) is 11.9. The Hall–Kier alpha value is -0.200. The first-order valence-electron chi connectivity index (χ1n) is 7.42. The summed E-state index contributed by atoms with van der Waals surface area (Å²) < 4.78 is 0. The van der Waals surface area contributed by atoms with Gasteiger partial charge in [-0.25, -0.2) is 4.98 Å². The molecule has 0 aliphatic carbocycles. The molecule has 1 aliphatic heterocycles. The zero-order valence-corrected chi connectivity index (χ0v) is 15.3. The fourth-order valence-electron chi connectivity index (χ4n) is 3.01. The number of hydrogen-bond donors (Lipinski definition) is 1. The second-order valence-corrected chi connectivity index (χ2v) is 7.88. The molecule has 1 aliphatic rings. The van der Waals surface area contributed by atoms with Crippen LogP contribution in [0.2, 0.25) is 0 Å². The fourth-order valence-corrected chi connectivity index (χ4v) is 3.87. The number of aromatic nitrogens is 1. The van der Waals surface area contributed by atoms with Crippen molar-refractivity contribution in [1.29, 1.82) is 0 Å². The Morgan fingerprint density at radius 2 is 2.24 bits per heavy atom. The van der Waals surface area contributed by atoms with E-state index in [0.717, 1.165) is 19.0 Å². The molecule has 0 radical (unpaired) electrons. The Morgan fingerprint density at radius 1 is 1.52 bits per heavy atom. The SMILES string of the molecule is Cc1ncsc1CN(C)CC1CCN(CC(C)(C)N)C1.Cl. The quantitative estimate of drug-likeness (QED) is 0.868. The van der Waals surface area contributed by atoms with Gasteiger partial charge in [-0.05, 0) is 46.7 Å². The van der Waals surface area contributed by atoms with E-state index in [1.165, 1.54) is 36.6 Å². The Labute approximate surface area is 139 Å². The maximum absolute atomic E-state index is 6.11. The molecule has 0 spiro atoms. The van der Waals surface area contributed by atoms with Crippen molar-refractivity contribution in [1.82, 2.24) is 14.8 Å². The lowest BCUT2D eigenvalue weighted by molar-refractivity contribution is 0.237. The molecule has 1 atom stereocenters. The average molecular weight is 333 g/mol. The van der Waals surface area contributed by atoms with Crippen LogP contribution in [0.15, 0.2) is 5.51 Å². The highest BCUT2D eigenvalue weighted by Gasteiger charge is 2.26. The minimum Gasteiger partial charge on any atom is -0.324 e. The van der Waals surface area contributed by atoms with Gasteiger partial charge in [0, 0.05) is 36.6 Å². The lowest BCUT2D eigenvalue weighted by atomic mass is 10.1. The standard InChI is InChI=1S/C15H28N4S.ClH/c1-12-14(20-11-17-12)9-18(4)7-13-5-6-19(8-13)10-15(2,3)16;/h11,13H,5-10,16H2,1-4H3;1H. The molecule has 0 saturated carbocycles. The molecule has 2 heterocycles. The zero-order chi connectivity index (χ0) is 14.8. The highest BCUT2D eigenvalue weighted by Crippen LogP contribution is 2.20. The summed E-state index contributed by atoms with van der Waals surface area (Å²) in [4.78, 5) is 10.7. The van der Waals surface area contributed by atoms with E-state index in [-0.39, 0.29) is 17.9 Å². The minimum atomic E-state index is -0.0828. The highest BCUT2D eigenvalue weighted by atomic mass is 35.5. The van der Waals surface area contributed by atoms with E-state index in [1.54, 1.807) is 11.3 Å². The molecule has 1 aromatic rings. The van der Waals surface area contributed by atoms with Crippen LogP contribution in [0.25, 0.3) is 0 Å². The number of nitrogens with two attached hydrogens (primary N) is 1. The van der Waals surface area contributed by atoms with E-state index in [4.69, 9.17) is 5.73 Å².